The second-order valence-electron chi connectivity index (χ2n) is 21.4. The second-order valence-corrected chi connectivity index (χ2v) is 23.9. The van der Waals surface area contributed by atoms with E-state index < -0.39 is 65.6 Å². The maximum atomic E-state index is 12.7. The summed E-state index contributed by atoms with van der Waals surface area (Å²) in [5.41, 5.74) is 5.85. The van der Waals surface area contributed by atoms with Gasteiger partial charge in [-0.05, 0) is 131 Å². The highest BCUT2D eigenvalue weighted by Gasteiger charge is 2.72. The predicted molar refractivity (Wildman–Crippen MR) is 243 cm³/mol. The number of aliphatic hydroxyl groups is 4. The van der Waals surface area contributed by atoms with Gasteiger partial charge in [0.2, 0.25) is 6.29 Å². The molecule has 2 aromatic rings. The largest absolute Gasteiger partial charge is 0.507 e. The number of Topliss-reactive ketones (excluding diaryl/α,β-unsaturated/α-hetero) is 1. The van der Waals surface area contributed by atoms with Crippen LogP contribution in [0.15, 0.2) is 12.1 Å². The first-order chi connectivity index (χ1) is 31.1. The number of aromatic hydroxyl groups is 2. The van der Waals surface area contributed by atoms with Crippen LogP contribution in [0.1, 0.15) is 130 Å². The molecule has 2 aromatic carbocycles. The zero-order valence-electron chi connectivity index (χ0n) is 37.4. The molecular formula is C48H66N2O13S2. The highest BCUT2D eigenvalue weighted by Crippen LogP contribution is 2.75. The molecule has 4 aliphatic carbocycles. The summed E-state index contributed by atoms with van der Waals surface area (Å²) in [5.74, 6) is -2.01. The first-order valence-electron chi connectivity index (χ1n) is 23.8. The minimum atomic E-state index is -1.81. The maximum Gasteiger partial charge on any atom is 0.335 e. The second kappa shape index (κ2) is 16.9. The number of carboxylic acids is 1. The summed E-state index contributed by atoms with van der Waals surface area (Å²) in [5, 5.41) is 78.6. The van der Waals surface area contributed by atoms with Gasteiger partial charge in [0.1, 0.15) is 47.1 Å². The average Bonchev–Trinajstić information content (AvgIpc) is 3.98. The van der Waals surface area contributed by atoms with Gasteiger partial charge in [-0.25, -0.2) is 4.79 Å². The molecular weight excluding hydrogens is 877 g/mol. The van der Waals surface area contributed by atoms with Crippen molar-refractivity contribution in [2.45, 2.75) is 152 Å². The van der Waals surface area contributed by atoms with Gasteiger partial charge in [0.05, 0.1) is 29.7 Å². The number of aromatic carboxylic acids is 1. The molecule has 8 fully saturated rings. The zero-order chi connectivity index (χ0) is 45.7. The van der Waals surface area contributed by atoms with Crippen LogP contribution in [0.2, 0.25) is 0 Å². The molecule has 4 heterocycles. The third-order valence-electron chi connectivity index (χ3n) is 18.4. The Bertz CT molecular complexity index is 2200. The van der Waals surface area contributed by atoms with Crippen LogP contribution in [0.25, 0.3) is 10.8 Å². The fourth-order valence-corrected chi connectivity index (χ4v) is 18.4. The van der Waals surface area contributed by atoms with E-state index in [1.165, 1.54) is 76.0 Å². The summed E-state index contributed by atoms with van der Waals surface area (Å²) >= 11 is 0. The molecule has 2 bridgehead atoms. The number of phenolic OH excluding ortho intramolecular Hbond substituents is 2. The predicted octanol–water partition coefficient (Wildman–Crippen LogP) is 5.71. The van der Waals surface area contributed by atoms with Crippen molar-refractivity contribution in [2.75, 3.05) is 38.1 Å². The summed E-state index contributed by atoms with van der Waals surface area (Å²) in [6.45, 7) is 3.33. The summed E-state index contributed by atoms with van der Waals surface area (Å²) in [6.07, 6.45) is 9.13. The van der Waals surface area contributed by atoms with Crippen molar-refractivity contribution in [3.8, 4) is 17.2 Å². The van der Waals surface area contributed by atoms with Gasteiger partial charge in [-0.2, -0.15) is 0 Å². The Labute approximate surface area is 387 Å². The average molecular weight is 943 g/mol. The highest BCUT2D eigenvalue weighted by molar-refractivity contribution is 8.76. The maximum absolute atomic E-state index is 12.7. The van der Waals surface area contributed by atoms with E-state index in [0.29, 0.717) is 42.9 Å². The minimum absolute atomic E-state index is 0.0103. The number of hydrogen-bond donors (Lipinski definition) is 9. The Hall–Kier alpha value is -2.42. The van der Waals surface area contributed by atoms with Gasteiger partial charge < -0.3 is 54.7 Å². The van der Waals surface area contributed by atoms with E-state index in [9.17, 15) is 45.3 Å². The number of benzene rings is 2. The van der Waals surface area contributed by atoms with Crippen LogP contribution in [-0.2, 0) is 14.2 Å². The summed E-state index contributed by atoms with van der Waals surface area (Å²) in [7, 11) is 3.15. The normalized spacial score (nSPS) is 41.0. The molecule has 4 saturated heterocycles. The number of phenols is 2. The molecule has 8 aliphatic rings. The monoisotopic (exact) mass is 942 g/mol. The van der Waals surface area contributed by atoms with Gasteiger partial charge in [0.15, 0.2) is 5.78 Å². The van der Waals surface area contributed by atoms with Gasteiger partial charge in [0.25, 0.3) is 0 Å². The summed E-state index contributed by atoms with van der Waals surface area (Å²) < 4.78 is 26.1. The molecule has 5 spiro atoms. The Kier molecular flexibility index (Phi) is 12.1. The van der Waals surface area contributed by atoms with Crippen molar-refractivity contribution in [2.24, 2.45) is 33.5 Å². The van der Waals surface area contributed by atoms with Crippen LogP contribution < -0.4 is 15.6 Å². The number of fused-ring (bicyclic) bond motifs is 2. The van der Waals surface area contributed by atoms with E-state index in [1.807, 2.05) is 0 Å². The van der Waals surface area contributed by atoms with Gasteiger partial charge >= 0.3 is 5.97 Å². The fraction of sp³-hybridized carbons (Fsp3) is 0.750. The van der Waals surface area contributed by atoms with E-state index in [4.69, 9.17) is 18.9 Å². The Morgan fingerprint density at radius 1 is 0.954 bits per heavy atom. The summed E-state index contributed by atoms with van der Waals surface area (Å²) in [6, 6.07) is 2.54. The number of hydrogen-bond acceptors (Lipinski definition) is 16. The van der Waals surface area contributed by atoms with Crippen LogP contribution in [-0.4, -0.2) is 127 Å². The van der Waals surface area contributed by atoms with Crippen molar-refractivity contribution in [3.05, 3.63) is 28.8 Å². The van der Waals surface area contributed by atoms with E-state index >= 15 is 0 Å². The van der Waals surface area contributed by atoms with Crippen molar-refractivity contribution < 1.29 is 64.3 Å². The molecule has 15 nitrogen and oxygen atoms in total. The van der Waals surface area contributed by atoms with Crippen LogP contribution in [0, 0.1) is 40.4 Å². The molecule has 4 aliphatic heterocycles. The van der Waals surface area contributed by atoms with E-state index in [2.05, 4.69) is 10.9 Å². The van der Waals surface area contributed by atoms with Gasteiger partial charge in [-0.1, -0.05) is 40.9 Å². The zero-order valence-corrected chi connectivity index (χ0v) is 39.1. The molecule has 0 amide bonds. The first kappa shape index (κ1) is 46.3. The standard InChI is InChI=1S/C48H66N2O13S2/c1-26-34(27(2)53)37(55)35-30(36(26)54)15-28(41(58)59)16-31(35)62-42-38(56)40(57)48(33(19-52)63-42)13-12-47-22-44(21-46(18-32(44)49-50-47)11-5-10-45(46)8-3-4-9-45)17-29-20-60-23-43(39(29)47,7-6-14-51)24-64-65-25-61-48/h15-16,29,32-33,38-40,42,49-52,54-57H,3-14,17-25H2,1-2H3,(H,58,59). The van der Waals surface area contributed by atoms with Crippen LogP contribution >= 0.6 is 21.6 Å². The van der Waals surface area contributed by atoms with Crippen molar-refractivity contribution in [3.63, 3.8) is 0 Å². The number of carbonyl (C=O) groups excluding carboxylic acids is 1. The Balaban J connectivity index is 1.02. The van der Waals surface area contributed by atoms with E-state index in [0.717, 1.165) is 43.6 Å². The molecule has 0 aromatic heterocycles. The molecule has 12 atom stereocenters. The summed E-state index contributed by atoms with van der Waals surface area (Å²) in [4.78, 5) is 25.0. The highest BCUT2D eigenvalue weighted by atomic mass is 33.1. The number of ether oxygens (including phenoxy) is 4. The van der Waals surface area contributed by atoms with Crippen molar-refractivity contribution in [1.29, 1.82) is 0 Å². The Morgan fingerprint density at radius 2 is 1.72 bits per heavy atom. The molecule has 12 unspecified atom stereocenters. The quantitative estimate of drug-likeness (QED) is 0.0876. The minimum Gasteiger partial charge on any atom is -0.507 e. The van der Waals surface area contributed by atoms with Gasteiger partial charge in [-0.15, -0.1) is 0 Å². The number of hydrazine groups is 1. The number of aliphatic hydroxyl groups excluding tert-OH is 4. The van der Waals surface area contributed by atoms with Gasteiger partial charge in [-0.3, -0.25) is 15.6 Å². The smallest absolute Gasteiger partial charge is 0.335 e. The third-order valence-corrected chi connectivity index (χ3v) is 20.6. The molecule has 65 heavy (non-hydrogen) atoms. The fourth-order valence-electron chi connectivity index (χ4n) is 16.0. The van der Waals surface area contributed by atoms with Crippen LogP contribution in [0.5, 0.6) is 17.2 Å². The van der Waals surface area contributed by atoms with Crippen molar-refractivity contribution >= 4 is 44.1 Å². The number of ketones is 1. The van der Waals surface area contributed by atoms with Crippen LogP contribution in [0.3, 0.4) is 0 Å². The lowest BCUT2D eigenvalue weighted by atomic mass is 9.46. The first-order valence-corrected chi connectivity index (χ1v) is 26.3. The number of carbonyl (C=O) groups is 2. The number of carboxylic acid groups (broad SMARTS) is 1. The molecule has 4 saturated carbocycles. The number of rotatable bonds is 8. The Morgan fingerprint density at radius 3 is 2.46 bits per heavy atom. The molecule has 0 radical (unpaired) electrons. The molecule has 9 N–H and O–H groups in total. The SMILES string of the molecule is CC(=O)c1c(C)c(O)c2cc(C(=O)O)cc(OC3OC(CO)C4(CCC56CC7(CC8COCC(CCCO)(CSSCO4)C85)CC4(CCCC45CCCC5)CC7NN6)C(O)C3O)c2c1O. The molecule has 10 rings (SSSR count). The lowest BCUT2D eigenvalue weighted by Gasteiger charge is -2.67. The van der Waals surface area contributed by atoms with Crippen molar-refractivity contribution in [1.82, 2.24) is 10.9 Å². The van der Waals surface area contributed by atoms with E-state index in [1.54, 1.807) is 10.8 Å². The molecule has 358 valence electrons. The number of nitrogens with one attached hydrogen (secondary N) is 2. The van der Waals surface area contributed by atoms with E-state index in [-0.39, 0.29) is 74.8 Å². The lowest BCUT2D eigenvalue weighted by Crippen LogP contribution is -2.77. The topological polar surface area (TPSA) is 237 Å². The lowest BCUT2D eigenvalue weighted by molar-refractivity contribution is -0.323. The van der Waals surface area contributed by atoms with Gasteiger partial charge in [0, 0.05) is 46.9 Å². The van der Waals surface area contributed by atoms with Crippen LogP contribution in [0.4, 0.5) is 0 Å². The molecule has 17 heteroatoms. The third kappa shape index (κ3) is 7.01.